The molecule has 5 heteroatoms. The summed E-state index contributed by atoms with van der Waals surface area (Å²) < 4.78 is 19.5. The van der Waals surface area contributed by atoms with Gasteiger partial charge in [0.1, 0.15) is 17.7 Å². The summed E-state index contributed by atoms with van der Waals surface area (Å²) in [4.78, 5) is 0. The minimum atomic E-state index is -0.490. The lowest BCUT2D eigenvalue weighted by Crippen LogP contribution is -2.29. The Hall–Kier alpha value is -0.580. The van der Waals surface area contributed by atoms with Crippen LogP contribution in [0.15, 0.2) is 29.3 Å². The van der Waals surface area contributed by atoms with Crippen LogP contribution in [0.5, 0.6) is 5.75 Å². The van der Waals surface area contributed by atoms with E-state index in [2.05, 4.69) is 27.8 Å². The Morgan fingerprint density at radius 1 is 1.65 bits per heavy atom. The number of hydrogen-bond acceptors (Lipinski definition) is 2. The average molecular weight is 323 g/mol. The SMILES string of the molecule is C=CCNCC(C)Oc1cc(F)c(Cl)cc1Br. The van der Waals surface area contributed by atoms with E-state index < -0.39 is 5.82 Å². The number of rotatable bonds is 6. The largest absolute Gasteiger partial charge is 0.488 e. The highest BCUT2D eigenvalue weighted by molar-refractivity contribution is 9.10. The van der Waals surface area contributed by atoms with Gasteiger partial charge in [-0.25, -0.2) is 4.39 Å². The van der Waals surface area contributed by atoms with Gasteiger partial charge in [0.15, 0.2) is 0 Å². The molecular formula is C12H14BrClFNO. The van der Waals surface area contributed by atoms with Crippen LogP contribution in [-0.2, 0) is 0 Å². The molecule has 94 valence electrons. The van der Waals surface area contributed by atoms with Crippen molar-refractivity contribution in [2.24, 2.45) is 0 Å². The van der Waals surface area contributed by atoms with E-state index in [0.717, 1.165) is 0 Å². The van der Waals surface area contributed by atoms with Crippen LogP contribution in [0.1, 0.15) is 6.92 Å². The third-order valence-electron chi connectivity index (χ3n) is 2.02. The molecule has 1 aromatic carbocycles. The van der Waals surface area contributed by atoms with Crippen LogP contribution in [0.4, 0.5) is 4.39 Å². The Morgan fingerprint density at radius 2 is 2.35 bits per heavy atom. The normalized spacial score (nSPS) is 12.2. The molecule has 1 rings (SSSR count). The highest BCUT2D eigenvalue weighted by Crippen LogP contribution is 2.31. The summed E-state index contributed by atoms with van der Waals surface area (Å²) in [7, 11) is 0. The van der Waals surface area contributed by atoms with Crippen molar-refractivity contribution in [1.82, 2.24) is 5.32 Å². The van der Waals surface area contributed by atoms with E-state index >= 15 is 0 Å². The molecule has 0 aliphatic rings. The fourth-order valence-electron chi connectivity index (χ4n) is 1.24. The maximum absolute atomic E-state index is 13.3. The van der Waals surface area contributed by atoms with Gasteiger partial charge in [-0.1, -0.05) is 17.7 Å². The van der Waals surface area contributed by atoms with Crippen LogP contribution < -0.4 is 10.1 Å². The first-order chi connectivity index (χ1) is 8.04. The number of benzene rings is 1. The van der Waals surface area contributed by atoms with Gasteiger partial charge in [-0.3, -0.25) is 0 Å². The van der Waals surface area contributed by atoms with Crippen molar-refractivity contribution in [2.45, 2.75) is 13.0 Å². The molecule has 0 bridgehead atoms. The lowest BCUT2D eigenvalue weighted by Gasteiger charge is -2.16. The lowest BCUT2D eigenvalue weighted by atomic mass is 10.3. The van der Waals surface area contributed by atoms with E-state index in [9.17, 15) is 4.39 Å². The van der Waals surface area contributed by atoms with Crippen molar-refractivity contribution in [3.8, 4) is 5.75 Å². The highest BCUT2D eigenvalue weighted by Gasteiger charge is 2.10. The minimum Gasteiger partial charge on any atom is -0.488 e. The van der Waals surface area contributed by atoms with E-state index in [0.29, 0.717) is 23.3 Å². The smallest absolute Gasteiger partial charge is 0.145 e. The van der Waals surface area contributed by atoms with Gasteiger partial charge in [-0.15, -0.1) is 6.58 Å². The minimum absolute atomic E-state index is 0.0710. The zero-order valence-electron chi connectivity index (χ0n) is 9.47. The Morgan fingerprint density at radius 3 is 3.00 bits per heavy atom. The van der Waals surface area contributed by atoms with Crippen molar-refractivity contribution in [2.75, 3.05) is 13.1 Å². The monoisotopic (exact) mass is 321 g/mol. The Kier molecular flexibility index (Phi) is 5.95. The molecule has 0 saturated carbocycles. The van der Waals surface area contributed by atoms with Crippen molar-refractivity contribution < 1.29 is 9.13 Å². The second kappa shape index (κ2) is 6.99. The molecule has 0 fully saturated rings. The number of ether oxygens (including phenoxy) is 1. The van der Waals surface area contributed by atoms with Crippen LogP contribution in [-0.4, -0.2) is 19.2 Å². The third kappa shape index (κ3) is 4.66. The molecule has 0 saturated heterocycles. The fraction of sp³-hybridized carbons (Fsp3) is 0.333. The number of hydrogen-bond donors (Lipinski definition) is 1. The Bertz CT molecular complexity index is 400. The molecule has 0 amide bonds. The Balaban J connectivity index is 2.61. The molecule has 2 nitrogen and oxygen atoms in total. The molecule has 1 aromatic rings. The van der Waals surface area contributed by atoms with Gasteiger partial charge < -0.3 is 10.1 Å². The summed E-state index contributed by atoms with van der Waals surface area (Å²) in [6.07, 6.45) is 1.69. The average Bonchev–Trinajstić information content (AvgIpc) is 2.26. The van der Waals surface area contributed by atoms with Crippen molar-refractivity contribution in [3.05, 3.63) is 40.1 Å². The van der Waals surface area contributed by atoms with Gasteiger partial charge in [0, 0.05) is 19.2 Å². The molecule has 0 radical (unpaired) electrons. The molecule has 1 unspecified atom stereocenters. The maximum atomic E-state index is 13.3. The van der Waals surface area contributed by atoms with Gasteiger partial charge in [-0.2, -0.15) is 0 Å². The molecular weight excluding hydrogens is 308 g/mol. The van der Waals surface area contributed by atoms with Crippen LogP contribution in [0, 0.1) is 5.82 Å². The molecule has 0 heterocycles. The van der Waals surface area contributed by atoms with Gasteiger partial charge in [0.05, 0.1) is 9.50 Å². The second-order valence-corrected chi connectivity index (χ2v) is 4.83. The molecule has 0 aromatic heterocycles. The van der Waals surface area contributed by atoms with E-state index in [1.165, 1.54) is 12.1 Å². The number of halogens is 3. The second-order valence-electron chi connectivity index (χ2n) is 3.57. The first kappa shape index (κ1) is 14.5. The van der Waals surface area contributed by atoms with Gasteiger partial charge >= 0.3 is 0 Å². The van der Waals surface area contributed by atoms with E-state index in [-0.39, 0.29) is 11.1 Å². The summed E-state index contributed by atoms with van der Waals surface area (Å²) in [6, 6.07) is 2.76. The summed E-state index contributed by atoms with van der Waals surface area (Å²) >= 11 is 8.92. The highest BCUT2D eigenvalue weighted by atomic mass is 79.9. The first-order valence-electron chi connectivity index (χ1n) is 5.17. The molecule has 0 aliphatic carbocycles. The standard InChI is InChI=1S/C12H14BrClFNO/c1-3-4-16-7-8(2)17-12-6-11(15)10(14)5-9(12)13/h3,5-6,8,16H,1,4,7H2,2H3. The van der Waals surface area contributed by atoms with Crippen molar-refractivity contribution >= 4 is 27.5 Å². The van der Waals surface area contributed by atoms with Crippen LogP contribution in [0.25, 0.3) is 0 Å². The molecule has 17 heavy (non-hydrogen) atoms. The summed E-state index contributed by atoms with van der Waals surface area (Å²) in [5.74, 6) is -0.0454. The quantitative estimate of drug-likeness (QED) is 0.489. The maximum Gasteiger partial charge on any atom is 0.145 e. The van der Waals surface area contributed by atoms with Crippen LogP contribution >= 0.6 is 27.5 Å². The molecule has 0 spiro atoms. The van der Waals surface area contributed by atoms with Gasteiger partial charge in [-0.05, 0) is 28.9 Å². The Labute approximate surface area is 114 Å². The van der Waals surface area contributed by atoms with Crippen LogP contribution in [0.3, 0.4) is 0 Å². The predicted octanol–water partition coefficient (Wildman–Crippen LogP) is 3.78. The van der Waals surface area contributed by atoms with Crippen molar-refractivity contribution in [1.29, 1.82) is 0 Å². The van der Waals surface area contributed by atoms with Crippen molar-refractivity contribution in [3.63, 3.8) is 0 Å². The summed E-state index contributed by atoms with van der Waals surface area (Å²) in [6.45, 7) is 6.87. The summed E-state index contributed by atoms with van der Waals surface area (Å²) in [5.41, 5.74) is 0. The van der Waals surface area contributed by atoms with Crippen LogP contribution in [0.2, 0.25) is 5.02 Å². The zero-order chi connectivity index (χ0) is 12.8. The van der Waals surface area contributed by atoms with E-state index in [4.69, 9.17) is 16.3 Å². The zero-order valence-corrected chi connectivity index (χ0v) is 11.8. The topological polar surface area (TPSA) is 21.3 Å². The van der Waals surface area contributed by atoms with E-state index in [1.807, 2.05) is 6.92 Å². The lowest BCUT2D eigenvalue weighted by molar-refractivity contribution is 0.217. The fourth-order valence-corrected chi connectivity index (χ4v) is 1.97. The number of nitrogens with one attached hydrogen (secondary N) is 1. The van der Waals surface area contributed by atoms with E-state index in [1.54, 1.807) is 6.08 Å². The molecule has 1 N–H and O–H groups in total. The first-order valence-corrected chi connectivity index (χ1v) is 6.34. The van der Waals surface area contributed by atoms with Gasteiger partial charge in [0.25, 0.3) is 0 Å². The van der Waals surface area contributed by atoms with Gasteiger partial charge in [0.2, 0.25) is 0 Å². The molecule has 1 atom stereocenters. The molecule has 0 aliphatic heterocycles. The third-order valence-corrected chi connectivity index (χ3v) is 2.93. The predicted molar refractivity (Wildman–Crippen MR) is 72.3 cm³/mol. The summed E-state index contributed by atoms with van der Waals surface area (Å²) in [5, 5.41) is 3.19.